The zero-order valence-electron chi connectivity index (χ0n) is 19.5. The van der Waals surface area contributed by atoms with Gasteiger partial charge in [0.1, 0.15) is 16.3 Å². The highest BCUT2D eigenvalue weighted by molar-refractivity contribution is 7.90. The van der Waals surface area contributed by atoms with Gasteiger partial charge in [-0.15, -0.1) is 0 Å². The number of amides is 1. The summed E-state index contributed by atoms with van der Waals surface area (Å²) in [5, 5.41) is 0.807. The zero-order valence-corrected chi connectivity index (χ0v) is 20.3. The van der Waals surface area contributed by atoms with Crippen LogP contribution >= 0.6 is 0 Å². The van der Waals surface area contributed by atoms with Gasteiger partial charge in [0, 0.05) is 22.6 Å². The molecule has 4 aromatic rings. The number of ether oxygens (including phenoxy) is 2. The van der Waals surface area contributed by atoms with Gasteiger partial charge in [0.05, 0.1) is 31.0 Å². The molecule has 0 atom stereocenters. The van der Waals surface area contributed by atoms with Crippen molar-refractivity contribution in [1.29, 1.82) is 0 Å². The van der Waals surface area contributed by atoms with E-state index in [0.717, 1.165) is 35.0 Å². The first-order chi connectivity index (χ1) is 17.4. The van der Waals surface area contributed by atoms with E-state index in [4.69, 9.17) is 9.47 Å². The average Bonchev–Trinajstić information content (AvgIpc) is 3.51. The van der Waals surface area contributed by atoms with Crippen LogP contribution in [-0.4, -0.2) is 44.1 Å². The molecule has 1 N–H and O–H groups in total. The number of benzene rings is 2. The van der Waals surface area contributed by atoms with Gasteiger partial charge in [-0.1, -0.05) is 24.3 Å². The third kappa shape index (κ3) is 3.71. The van der Waals surface area contributed by atoms with Gasteiger partial charge in [0.25, 0.3) is 15.9 Å². The number of aromatic nitrogens is 2. The predicted octanol–water partition coefficient (Wildman–Crippen LogP) is 3.85. The molecule has 2 saturated heterocycles. The summed E-state index contributed by atoms with van der Waals surface area (Å²) in [5.41, 5.74) is 2.90. The summed E-state index contributed by atoms with van der Waals surface area (Å²) in [7, 11) is -2.83. The molecule has 2 aromatic carbocycles. The molecular formula is C27H23N3O5S. The van der Waals surface area contributed by atoms with Gasteiger partial charge in [0.2, 0.25) is 0 Å². The summed E-state index contributed by atoms with van der Waals surface area (Å²) in [6.07, 6.45) is 3.68. The fourth-order valence-corrected chi connectivity index (χ4v) is 6.27. The van der Waals surface area contributed by atoms with Crippen LogP contribution in [0.2, 0.25) is 0 Å². The molecule has 2 aromatic heterocycles. The summed E-state index contributed by atoms with van der Waals surface area (Å²) >= 11 is 0. The molecule has 3 aliphatic rings. The van der Waals surface area contributed by atoms with E-state index in [1.54, 1.807) is 30.5 Å². The topological polar surface area (TPSA) is 107 Å². The van der Waals surface area contributed by atoms with E-state index in [-0.39, 0.29) is 27.9 Å². The summed E-state index contributed by atoms with van der Waals surface area (Å²) in [5.74, 6) is -0.657. The Morgan fingerprint density at radius 2 is 1.94 bits per heavy atom. The summed E-state index contributed by atoms with van der Waals surface area (Å²) in [4.78, 5) is 21.8. The maximum absolute atomic E-state index is 13.3. The van der Waals surface area contributed by atoms with E-state index in [1.807, 2.05) is 36.4 Å². The van der Waals surface area contributed by atoms with Gasteiger partial charge in [-0.05, 0) is 60.9 Å². The second-order valence-corrected chi connectivity index (χ2v) is 10.9. The molecule has 0 radical (unpaired) electrons. The number of carbonyl (C=O) groups excluding carboxylic acids is 1. The van der Waals surface area contributed by atoms with Crippen LogP contribution in [0.5, 0.6) is 5.75 Å². The Bertz CT molecular complexity index is 1590. The minimum atomic E-state index is -4.23. The number of carbonyl (C=O) groups is 1. The molecule has 2 bridgehead atoms. The largest absolute Gasteiger partial charge is 0.495 e. The van der Waals surface area contributed by atoms with Crippen LogP contribution < -0.4 is 9.46 Å². The first kappa shape index (κ1) is 22.6. The van der Waals surface area contributed by atoms with E-state index in [9.17, 15) is 13.2 Å². The van der Waals surface area contributed by atoms with Crippen molar-refractivity contribution < 1.29 is 22.7 Å². The lowest BCUT2D eigenvalue weighted by molar-refractivity contribution is 0.0977. The molecule has 9 heteroatoms. The van der Waals surface area contributed by atoms with Crippen LogP contribution in [-0.2, 0) is 20.2 Å². The van der Waals surface area contributed by atoms with Gasteiger partial charge in [-0.2, -0.15) is 0 Å². The van der Waals surface area contributed by atoms with E-state index in [0.29, 0.717) is 12.1 Å². The van der Waals surface area contributed by atoms with E-state index in [1.165, 1.54) is 13.2 Å². The molecule has 36 heavy (non-hydrogen) atoms. The zero-order chi connectivity index (χ0) is 24.9. The number of rotatable bonds is 6. The second-order valence-electron chi connectivity index (χ2n) is 9.21. The molecule has 7 rings (SSSR count). The van der Waals surface area contributed by atoms with Crippen molar-refractivity contribution in [3.05, 3.63) is 84.2 Å². The molecule has 1 amide bonds. The minimum Gasteiger partial charge on any atom is -0.495 e. The maximum atomic E-state index is 13.3. The van der Waals surface area contributed by atoms with Crippen molar-refractivity contribution in [3.63, 3.8) is 0 Å². The number of nitrogens with one attached hydrogen (secondary N) is 1. The summed E-state index contributed by atoms with van der Waals surface area (Å²) in [6, 6.07) is 19.5. The quantitative estimate of drug-likeness (QED) is 0.428. The smallest absolute Gasteiger partial charge is 0.283 e. The average molecular weight is 502 g/mol. The molecule has 182 valence electrons. The third-order valence-corrected chi connectivity index (χ3v) is 8.38. The van der Waals surface area contributed by atoms with E-state index in [2.05, 4.69) is 14.7 Å². The highest BCUT2D eigenvalue weighted by atomic mass is 32.2. The lowest BCUT2D eigenvalue weighted by Gasteiger charge is -2.36. The fourth-order valence-electron chi connectivity index (χ4n) is 5.12. The van der Waals surface area contributed by atoms with Crippen molar-refractivity contribution in [1.82, 2.24) is 14.7 Å². The number of fused-ring (bicyclic) bond motifs is 2. The maximum Gasteiger partial charge on any atom is 0.283 e. The Hall–Kier alpha value is -3.82. The normalized spacial score (nSPS) is 20.6. The molecular weight excluding hydrogens is 478 g/mol. The van der Waals surface area contributed by atoms with Crippen molar-refractivity contribution in [2.24, 2.45) is 0 Å². The van der Waals surface area contributed by atoms with Crippen LogP contribution in [0.15, 0.2) is 77.8 Å². The standard InChI is InChI=1S/C27H23N3O5S/c1-34-24-11-8-17(27-14-18(15-27)35-16-27)13-25(24)36(32,33)30-26(31)23-10-9-20-19(5-4-7-22(20)29-23)21-6-2-3-12-28-21/h2-13,18H,14-16H2,1H3,(H,30,31). The Kier molecular flexibility index (Phi) is 5.27. The van der Waals surface area contributed by atoms with Crippen LogP contribution in [0.3, 0.4) is 0 Å². The highest BCUT2D eigenvalue weighted by Crippen LogP contribution is 2.52. The van der Waals surface area contributed by atoms with E-state index >= 15 is 0 Å². The van der Waals surface area contributed by atoms with E-state index < -0.39 is 15.9 Å². The minimum absolute atomic E-state index is 0.0102. The molecule has 0 unspecified atom stereocenters. The van der Waals surface area contributed by atoms with Crippen LogP contribution in [0, 0.1) is 0 Å². The summed E-state index contributed by atoms with van der Waals surface area (Å²) in [6.45, 7) is 0.567. The van der Waals surface area contributed by atoms with Crippen molar-refractivity contribution in [2.45, 2.75) is 29.3 Å². The third-order valence-electron chi connectivity index (χ3n) is 7.03. The van der Waals surface area contributed by atoms with Crippen LogP contribution in [0.1, 0.15) is 28.9 Å². The van der Waals surface area contributed by atoms with Gasteiger partial charge >= 0.3 is 0 Å². The molecule has 2 aliphatic heterocycles. The van der Waals surface area contributed by atoms with Crippen molar-refractivity contribution in [2.75, 3.05) is 13.7 Å². The fraction of sp³-hybridized carbons (Fsp3) is 0.222. The summed E-state index contributed by atoms with van der Waals surface area (Å²) < 4.78 is 39.8. The molecule has 4 heterocycles. The Labute approximate surface area is 208 Å². The SMILES string of the molecule is COc1ccc(C23COC(C2)C3)cc1S(=O)(=O)NC(=O)c1ccc2c(-c3ccccn3)cccc2n1. The van der Waals surface area contributed by atoms with Gasteiger partial charge < -0.3 is 9.47 Å². The number of hydrogen-bond donors (Lipinski definition) is 1. The van der Waals surface area contributed by atoms with Crippen molar-refractivity contribution >= 4 is 26.8 Å². The monoisotopic (exact) mass is 501 g/mol. The van der Waals surface area contributed by atoms with Crippen molar-refractivity contribution in [3.8, 4) is 17.0 Å². The predicted molar refractivity (Wildman–Crippen MR) is 133 cm³/mol. The molecule has 0 spiro atoms. The van der Waals surface area contributed by atoms with Crippen LogP contribution in [0.25, 0.3) is 22.2 Å². The number of nitrogens with zero attached hydrogens (tertiary/aromatic N) is 2. The number of pyridine rings is 2. The van der Waals surface area contributed by atoms with Crippen LogP contribution in [0.4, 0.5) is 0 Å². The first-order valence-electron chi connectivity index (χ1n) is 11.6. The van der Waals surface area contributed by atoms with Gasteiger partial charge in [-0.3, -0.25) is 9.78 Å². The molecule has 3 fully saturated rings. The Morgan fingerprint density at radius 1 is 1.08 bits per heavy atom. The first-order valence-corrected chi connectivity index (χ1v) is 13.1. The van der Waals surface area contributed by atoms with Gasteiger partial charge in [0.15, 0.2) is 0 Å². The number of methoxy groups -OCH3 is 1. The molecule has 1 aliphatic carbocycles. The molecule has 1 saturated carbocycles. The Morgan fingerprint density at radius 3 is 2.67 bits per heavy atom. The second kappa shape index (κ2) is 8.39. The number of hydrogen-bond acceptors (Lipinski definition) is 7. The lowest BCUT2D eigenvalue weighted by atomic mass is 9.66. The number of sulfonamides is 1. The molecule has 8 nitrogen and oxygen atoms in total. The Balaban J connectivity index is 1.31. The lowest BCUT2D eigenvalue weighted by Crippen LogP contribution is -2.37. The van der Waals surface area contributed by atoms with Gasteiger partial charge in [-0.25, -0.2) is 18.1 Å². The highest BCUT2D eigenvalue weighted by Gasteiger charge is 2.53.